The van der Waals surface area contributed by atoms with E-state index in [1.54, 1.807) is 11.3 Å². The van der Waals surface area contributed by atoms with E-state index >= 15 is 0 Å². The topological polar surface area (TPSA) is 38.5 Å². The number of hydrogen-bond donors (Lipinski definition) is 0. The van der Waals surface area contributed by atoms with E-state index in [9.17, 15) is 4.79 Å². The number of ether oxygens (including phenoxy) is 1. The average molecular weight is 455 g/mol. The number of para-hydroxylation sites is 1. The van der Waals surface area contributed by atoms with Gasteiger partial charge in [-0.3, -0.25) is 4.79 Å². The Kier molecular flexibility index (Phi) is 2.31. The van der Waals surface area contributed by atoms with Crippen molar-refractivity contribution in [3.05, 3.63) is 99.8 Å². The molecule has 5 nitrogen and oxygen atoms in total. The lowest BCUT2D eigenvalue weighted by molar-refractivity contribution is -0.953. The second-order valence-electron chi connectivity index (χ2n) is 9.35. The van der Waals surface area contributed by atoms with Crippen LogP contribution in [-0.4, -0.2) is 4.40 Å². The molecule has 1 atom stereocenters. The first-order chi connectivity index (χ1) is 16.8. The fraction of sp³-hybridized carbons (Fsp3) is 0.0357. The van der Waals surface area contributed by atoms with Gasteiger partial charge in [0, 0.05) is 10.8 Å². The smallest absolute Gasteiger partial charge is 0.375 e. The van der Waals surface area contributed by atoms with E-state index < -0.39 is 5.66 Å². The molecule has 7 aromatic rings. The fourth-order valence-electron chi connectivity index (χ4n) is 6.99. The molecule has 0 bridgehead atoms. The molecule has 7 heterocycles. The zero-order valence-corrected chi connectivity index (χ0v) is 18.4. The quantitative estimate of drug-likeness (QED) is 0.249. The summed E-state index contributed by atoms with van der Waals surface area (Å²) in [6, 6.07) is 20.6. The van der Waals surface area contributed by atoms with Gasteiger partial charge in [-0.1, -0.05) is 23.5 Å². The highest BCUT2D eigenvalue weighted by Crippen LogP contribution is 2.56. The van der Waals surface area contributed by atoms with Gasteiger partial charge in [0.1, 0.15) is 22.4 Å². The molecule has 0 fully saturated rings. The van der Waals surface area contributed by atoms with Crippen molar-refractivity contribution < 1.29 is 13.9 Å². The molecule has 0 aliphatic carbocycles. The van der Waals surface area contributed by atoms with Crippen LogP contribution in [0.4, 0.5) is 0 Å². The number of pyridine rings is 2. The molecule has 1 unspecified atom stereocenters. The Bertz CT molecular complexity index is 2190. The second kappa shape index (κ2) is 4.81. The predicted octanol–water partition coefficient (Wildman–Crippen LogP) is 4.53. The van der Waals surface area contributed by atoms with Gasteiger partial charge in [0.05, 0.1) is 22.5 Å². The van der Waals surface area contributed by atoms with Crippen LogP contribution in [0.5, 0.6) is 11.5 Å². The molecule has 4 aromatic heterocycles. The average Bonchev–Trinajstić information content (AvgIpc) is 3.55. The van der Waals surface area contributed by atoms with Crippen LogP contribution in [0.1, 0.15) is 11.1 Å². The molecular formula is C28H13N3O2S+2. The number of nitrogens with zero attached hydrogens (tertiary/aromatic N) is 3. The zero-order valence-electron chi connectivity index (χ0n) is 17.6. The van der Waals surface area contributed by atoms with Crippen LogP contribution < -0.4 is 19.3 Å². The molecule has 0 N–H and O–H groups in total. The molecule has 6 heteroatoms. The Morgan fingerprint density at radius 3 is 2.56 bits per heavy atom. The summed E-state index contributed by atoms with van der Waals surface area (Å²) in [5, 5.41) is 7.10. The number of benzene rings is 3. The van der Waals surface area contributed by atoms with E-state index in [4.69, 9.17) is 4.74 Å². The van der Waals surface area contributed by atoms with Crippen molar-refractivity contribution in [2.24, 2.45) is 0 Å². The molecule has 3 aliphatic heterocycles. The largest absolute Gasteiger partial charge is 0.456 e. The fourth-order valence-corrected chi connectivity index (χ4v) is 7.90. The Labute approximate surface area is 195 Å². The third-order valence-electron chi connectivity index (χ3n) is 8.06. The van der Waals surface area contributed by atoms with Gasteiger partial charge >= 0.3 is 11.3 Å². The summed E-state index contributed by atoms with van der Waals surface area (Å²) in [6.45, 7) is 0. The van der Waals surface area contributed by atoms with Crippen molar-refractivity contribution in [2.45, 2.75) is 5.66 Å². The third-order valence-corrected chi connectivity index (χ3v) is 8.96. The molecule has 0 saturated carbocycles. The Hall–Kier alpha value is -4.29. The Balaban J connectivity index is 1.65. The summed E-state index contributed by atoms with van der Waals surface area (Å²) in [6.07, 6.45) is 4.31. The van der Waals surface area contributed by atoms with Gasteiger partial charge in [0.15, 0.2) is 22.8 Å². The zero-order chi connectivity index (χ0) is 21.9. The molecule has 3 aromatic carbocycles. The van der Waals surface area contributed by atoms with E-state index in [2.05, 4.69) is 67.7 Å². The van der Waals surface area contributed by atoms with Crippen LogP contribution >= 0.6 is 11.3 Å². The number of hydrogen-bond acceptors (Lipinski definition) is 3. The van der Waals surface area contributed by atoms with Crippen molar-refractivity contribution in [2.75, 3.05) is 0 Å². The Morgan fingerprint density at radius 1 is 0.765 bits per heavy atom. The molecular weight excluding hydrogens is 442 g/mol. The van der Waals surface area contributed by atoms with Crippen LogP contribution in [0.15, 0.2) is 83.2 Å². The second-order valence-corrected chi connectivity index (χ2v) is 10.2. The lowest BCUT2D eigenvalue weighted by Gasteiger charge is -2.32. The van der Waals surface area contributed by atoms with Crippen molar-refractivity contribution >= 4 is 49.6 Å². The summed E-state index contributed by atoms with van der Waals surface area (Å²) in [5.74, 6) is 1.74. The first-order valence-corrected chi connectivity index (χ1v) is 12.2. The van der Waals surface area contributed by atoms with Crippen LogP contribution in [0, 0.1) is 0 Å². The first-order valence-electron chi connectivity index (χ1n) is 11.3. The number of fused-ring (bicyclic) bond motifs is 3. The molecule has 0 amide bonds. The van der Waals surface area contributed by atoms with Crippen molar-refractivity contribution in [3.63, 3.8) is 0 Å². The molecule has 0 radical (unpaired) electrons. The standard InChI is InChI=1S/C28H13N3O2S/c32-25-17-6-1-4-14-15-9-10-20-22-24(15)31(23(14)17)26-18(25)7-3-11-29(26)28(22)21-16(5-2-8-19(21)33-20)27-30(28)12-13-34-27/h1-13H/q+2. The monoisotopic (exact) mass is 455 g/mol. The van der Waals surface area contributed by atoms with Gasteiger partial charge in [-0.15, -0.1) is 4.57 Å². The lowest BCUT2D eigenvalue weighted by atomic mass is 9.84. The van der Waals surface area contributed by atoms with Gasteiger partial charge < -0.3 is 4.74 Å². The van der Waals surface area contributed by atoms with E-state index in [0.29, 0.717) is 0 Å². The minimum absolute atomic E-state index is 0.0828. The summed E-state index contributed by atoms with van der Waals surface area (Å²) < 4.78 is 13.6. The lowest BCUT2D eigenvalue weighted by Crippen LogP contribution is -2.74. The molecule has 34 heavy (non-hydrogen) atoms. The SMILES string of the molecule is O=c1c2cccc3c4ccc5c6c4n(c23)c2c1ccc[n+]2C61c2c(cccc2-c2scc[n+]21)O5. The van der Waals surface area contributed by atoms with Gasteiger partial charge in [-0.25, -0.2) is 0 Å². The van der Waals surface area contributed by atoms with Gasteiger partial charge in [0.25, 0.3) is 5.01 Å². The van der Waals surface area contributed by atoms with Crippen molar-refractivity contribution in [3.8, 4) is 22.1 Å². The minimum atomic E-state index is -0.651. The van der Waals surface area contributed by atoms with Crippen molar-refractivity contribution in [1.29, 1.82) is 0 Å². The molecule has 156 valence electrons. The first kappa shape index (κ1) is 16.3. The summed E-state index contributed by atoms with van der Waals surface area (Å²) >= 11 is 1.74. The maximum absolute atomic E-state index is 13.8. The van der Waals surface area contributed by atoms with Crippen LogP contribution in [-0.2, 0) is 5.66 Å². The number of thiazole rings is 1. The molecule has 0 saturated heterocycles. The Morgan fingerprint density at radius 2 is 1.59 bits per heavy atom. The number of aromatic nitrogens is 3. The molecule has 3 aliphatic rings. The van der Waals surface area contributed by atoms with Gasteiger partial charge in [0.2, 0.25) is 5.43 Å². The van der Waals surface area contributed by atoms with Crippen LogP contribution in [0.2, 0.25) is 0 Å². The third kappa shape index (κ3) is 1.36. The molecule has 10 rings (SSSR count). The van der Waals surface area contributed by atoms with Crippen LogP contribution in [0.25, 0.3) is 48.8 Å². The summed E-state index contributed by atoms with van der Waals surface area (Å²) in [5.41, 5.74) is 5.96. The molecule has 1 spiro atoms. The van der Waals surface area contributed by atoms with Crippen molar-refractivity contribution in [1.82, 2.24) is 4.40 Å². The summed E-state index contributed by atoms with van der Waals surface area (Å²) in [7, 11) is 0. The maximum Gasteiger partial charge on any atom is 0.375 e. The predicted molar refractivity (Wildman–Crippen MR) is 129 cm³/mol. The van der Waals surface area contributed by atoms with E-state index in [-0.39, 0.29) is 5.43 Å². The summed E-state index contributed by atoms with van der Waals surface area (Å²) in [4.78, 5) is 13.8. The highest BCUT2D eigenvalue weighted by molar-refractivity contribution is 7.12. The highest BCUT2D eigenvalue weighted by atomic mass is 32.1. The van der Waals surface area contributed by atoms with E-state index in [0.717, 1.165) is 60.9 Å². The van der Waals surface area contributed by atoms with E-state index in [1.165, 1.54) is 10.6 Å². The van der Waals surface area contributed by atoms with Gasteiger partial charge in [-0.05, 0) is 48.5 Å². The van der Waals surface area contributed by atoms with E-state index in [1.807, 2.05) is 24.3 Å². The number of rotatable bonds is 0. The highest BCUT2D eigenvalue weighted by Gasteiger charge is 2.67. The normalized spacial score (nSPS) is 18.5. The van der Waals surface area contributed by atoms with Gasteiger partial charge in [-0.2, -0.15) is 8.97 Å². The minimum Gasteiger partial charge on any atom is -0.456 e. The maximum atomic E-state index is 13.8. The van der Waals surface area contributed by atoms with Crippen LogP contribution in [0.3, 0.4) is 0 Å².